The van der Waals surface area contributed by atoms with Gasteiger partial charge in [0.15, 0.2) is 0 Å². The molecule has 0 bridgehead atoms. The number of carbonyl (C=O) groups is 3. The molecule has 20 heavy (non-hydrogen) atoms. The highest BCUT2D eigenvalue weighted by Crippen LogP contribution is 2.32. The van der Waals surface area contributed by atoms with Crippen molar-refractivity contribution >= 4 is 35.1 Å². The number of esters is 1. The fourth-order valence-corrected chi connectivity index (χ4v) is 2.34. The molecule has 7 heteroatoms. The Labute approximate surface area is 119 Å². The van der Waals surface area contributed by atoms with E-state index in [0.717, 1.165) is 0 Å². The highest BCUT2D eigenvalue weighted by Gasteiger charge is 2.36. The second-order valence-corrected chi connectivity index (χ2v) is 4.81. The van der Waals surface area contributed by atoms with E-state index in [-0.39, 0.29) is 29.5 Å². The number of rotatable bonds is 3. The van der Waals surface area contributed by atoms with E-state index in [1.165, 1.54) is 30.2 Å². The molecule has 1 amide bonds. The second-order valence-electron chi connectivity index (χ2n) is 4.40. The van der Waals surface area contributed by atoms with Gasteiger partial charge in [-0.05, 0) is 18.2 Å². The van der Waals surface area contributed by atoms with Crippen LogP contribution in [0.25, 0.3) is 0 Å². The van der Waals surface area contributed by atoms with Gasteiger partial charge in [0.1, 0.15) is 0 Å². The van der Waals surface area contributed by atoms with Crippen LogP contribution in [0.2, 0.25) is 5.02 Å². The summed E-state index contributed by atoms with van der Waals surface area (Å²) in [5.41, 5.74) is 0.321. The summed E-state index contributed by atoms with van der Waals surface area (Å²) < 4.78 is 4.61. The number of benzene rings is 1. The van der Waals surface area contributed by atoms with Crippen LogP contribution in [-0.4, -0.2) is 36.6 Å². The van der Waals surface area contributed by atoms with E-state index in [0.29, 0.717) is 5.69 Å². The number of anilines is 1. The number of ether oxygens (including phenoxy) is 1. The largest absolute Gasteiger partial charge is 0.478 e. The number of carboxylic acid groups (broad SMARTS) is 1. The number of methoxy groups -OCH3 is 1. The molecule has 1 atom stereocenters. The first-order chi connectivity index (χ1) is 9.43. The van der Waals surface area contributed by atoms with Crippen molar-refractivity contribution in [1.29, 1.82) is 0 Å². The average Bonchev–Trinajstić information content (AvgIpc) is 2.80. The lowest BCUT2D eigenvalue weighted by molar-refractivity contribution is -0.145. The van der Waals surface area contributed by atoms with E-state index in [2.05, 4.69) is 4.74 Å². The van der Waals surface area contributed by atoms with Crippen LogP contribution in [0, 0.1) is 5.92 Å². The molecule has 1 unspecified atom stereocenters. The van der Waals surface area contributed by atoms with Crippen LogP contribution in [0.4, 0.5) is 5.69 Å². The van der Waals surface area contributed by atoms with E-state index in [9.17, 15) is 14.4 Å². The Morgan fingerprint density at radius 3 is 2.75 bits per heavy atom. The monoisotopic (exact) mass is 297 g/mol. The third-order valence-electron chi connectivity index (χ3n) is 3.14. The summed E-state index contributed by atoms with van der Waals surface area (Å²) in [5, 5.41) is 9.22. The lowest BCUT2D eigenvalue weighted by Gasteiger charge is -2.18. The lowest BCUT2D eigenvalue weighted by Crippen LogP contribution is -2.26. The van der Waals surface area contributed by atoms with E-state index >= 15 is 0 Å². The molecular formula is C13H12ClNO5. The summed E-state index contributed by atoms with van der Waals surface area (Å²) in [5.74, 6) is -2.42. The SMILES string of the molecule is COC(=O)C1CC(=O)N(c2cc(C(=O)O)ccc2Cl)C1. The summed E-state index contributed by atoms with van der Waals surface area (Å²) in [6.45, 7) is 0.133. The standard InChI is InChI=1S/C13H12ClNO5/c1-20-13(19)8-5-11(16)15(6-8)10-4-7(12(17)18)2-3-9(10)14/h2-4,8H,5-6H2,1H3,(H,17,18). The van der Waals surface area contributed by atoms with Gasteiger partial charge in [-0.1, -0.05) is 11.6 Å². The molecular weight excluding hydrogens is 286 g/mol. The smallest absolute Gasteiger partial charge is 0.335 e. The van der Waals surface area contributed by atoms with Crippen LogP contribution in [0.5, 0.6) is 0 Å². The van der Waals surface area contributed by atoms with Crippen molar-refractivity contribution in [2.45, 2.75) is 6.42 Å². The average molecular weight is 298 g/mol. The van der Waals surface area contributed by atoms with Gasteiger partial charge in [0.2, 0.25) is 5.91 Å². The van der Waals surface area contributed by atoms with Crippen molar-refractivity contribution in [2.24, 2.45) is 5.92 Å². The van der Waals surface area contributed by atoms with Gasteiger partial charge < -0.3 is 14.7 Å². The number of halogens is 1. The predicted octanol–water partition coefficient (Wildman–Crippen LogP) is 1.56. The Hall–Kier alpha value is -2.08. The van der Waals surface area contributed by atoms with Crippen molar-refractivity contribution in [3.8, 4) is 0 Å². The van der Waals surface area contributed by atoms with Crippen LogP contribution in [0.3, 0.4) is 0 Å². The molecule has 2 rings (SSSR count). The Morgan fingerprint density at radius 1 is 1.45 bits per heavy atom. The molecule has 0 radical (unpaired) electrons. The molecule has 1 aliphatic heterocycles. The molecule has 1 heterocycles. The van der Waals surface area contributed by atoms with Crippen molar-refractivity contribution in [1.82, 2.24) is 0 Å². The highest BCUT2D eigenvalue weighted by atomic mass is 35.5. The molecule has 1 aliphatic rings. The molecule has 1 N–H and O–H groups in total. The summed E-state index contributed by atoms with van der Waals surface area (Å²) in [6.07, 6.45) is 0.0281. The fraction of sp³-hybridized carbons (Fsp3) is 0.308. The number of hydrogen-bond acceptors (Lipinski definition) is 4. The minimum absolute atomic E-state index is 0.0266. The van der Waals surface area contributed by atoms with Crippen molar-refractivity contribution in [2.75, 3.05) is 18.6 Å². The highest BCUT2D eigenvalue weighted by molar-refractivity contribution is 6.34. The summed E-state index contributed by atoms with van der Waals surface area (Å²) in [6, 6.07) is 4.09. The molecule has 1 aromatic carbocycles. The number of hydrogen-bond donors (Lipinski definition) is 1. The number of amides is 1. The molecule has 1 fully saturated rings. The molecule has 106 valence electrons. The van der Waals surface area contributed by atoms with Gasteiger partial charge in [-0.3, -0.25) is 9.59 Å². The number of carboxylic acids is 1. The molecule has 0 spiro atoms. The molecule has 0 saturated carbocycles. The fourth-order valence-electron chi connectivity index (χ4n) is 2.12. The Kier molecular flexibility index (Phi) is 3.94. The Morgan fingerprint density at radius 2 is 2.15 bits per heavy atom. The van der Waals surface area contributed by atoms with Crippen molar-refractivity contribution in [3.63, 3.8) is 0 Å². The van der Waals surface area contributed by atoms with E-state index in [1.807, 2.05) is 0 Å². The van der Waals surface area contributed by atoms with Gasteiger partial charge in [0.05, 0.1) is 29.3 Å². The van der Waals surface area contributed by atoms with Gasteiger partial charge in [0, 0.05) is 13.0 Å². The molecule has 1 saturated heterocycles. The first-order valence-corrected chi connectivity index (χ1v) is 6.23. The maximum Gasteiger partial charge on any atom is 0.335 e. The van der Waals surface area contributed by atoms with Gasteiger partial charge in [0.25, 0.3) is 0 Å². The zero-order valence-electron chi connectivity index (χ0n) is 10.6. The zero-order valence-corrected chi connectivity index (χ0v) is 11.4. The summed E-state index contributed by atoms with van der Waals surface area (Å²) >= 11 is 6.00. The first kappa shape index (κ1) is 14.3. The Balaban J connectivity index is 2.32. The third kappa shape index (κ3) is 2.60. The summed E-state index contributed by atoms with van der Waals surface area (Å²) in [4.78, 5) is 35.7. The van der Waals surface area contributed by atoms with Crippen LogP contribution >= 0.6 is 11.6 Å². The number of aromatic carboxylic acids is 1. The number of carbonyl (C=O) groups excluding carboxylic acids is 2. The maximum absolute atomic E-state index is 12.0. The topological polar surface area (TPSA) is 83.9 Å². The molecule has 0 aromatic heterocycles. The van der Waals surface area contributed by atoms with E-state index in [4.69, 9.17) is 16.7 Å². The van der Waals surface area contributed by atoms with Crippen LogP contribution < -0.4 is 4.90 Å². The zero-order chi connectivity index (χ0) is 14.9. The van der Waals surface area contributed by atoms with Crippen molar-refractivity contribution in [3.05, 3.63) is 28.8 Å². The minimum Gasteiger partial charge on any atom is -0.478 e. The van der Waals surface area contributed by atoms with E-state index < -0.39 is 17.9 Å². The van der Waals surface area contributed by atoms with Gasteiger partial charge in [-0.25, -0.2) is 4.79 Å². The normalized spacial score (nSPS) is 18.2. The van der Waals surface area contributed by atoms with E-state index in [1.54, 1.807) is 0 Å². The quantitative estimate of drug-likeness (QED) is 0.856. The third-order valence-corrected chi connectivity index (χ3v) is 3.46. The lowest BCUT2D eigenvalue weighted by atomic mass is 10.1. The van der Waals surface area contributed by atoms with Crippen LogP contribution in [0.1, 0.15) is 16.8 Å². The minimum atomic E-state index is -1.11. The van der Waals surface area contributed by atoms with Gasteiger partial charge in [-0.2, -0.15) is 0 Å². The molecule has 0 aliphatic carbocycles. The predicted molar refractivity (Wildman–Crippen MR) is 70.9 cm³/mol. The second kappa shape index (κ2) is 5.50. The summed E-state index contributed by atoms with van der Waals surface area (Å²) in [7, 11) is 1.26. The Bertz CT molecular complexity index is 586. The van der Waals surface area contributed by atoms with Crippen LogP contribution in [0.15, 0.2) is 18.2 Å². The molecule has 6 nitrogen and oxygen atoms in total. The van der Waals surface area contributed by atoms with Gasteiger partial charge in [-0.15, -0.1) is 0 Å². The van der Waals surface area contributed by atoms with Crippen LogP contribution in [-0.2, 0) is 14.3 Å². The maximum atomic E-state index is 12.0. The van der Waals surface area contributed by atoms with Crippen molar-refractivity contribution < 1.29 is 24.2 Å². The number of nitrogens with zero attached hydrogens (tertiary/aromatic N) is 1. The first-order valence-electron chi connectivity index (χ1n) is 5.85. The molecule has 1 aromatic rings. The van der Waals surface area contributed by atoms with Gasteiger partial charge >= 0.3 is 11.9 Å².